The molecule has 4 rings (SSSR count). The predicted molar refractivity (Wildman–Crippen MR) is 138 cm³/mol. The van der Waals surface area contributed by atoms with Gasteiger partial charge in [-0.1, -0.05) is 61.7 Å². The maximum Gasteiger partial charge on any atom is 0.257 e. The Morgan fingerprint density at radius 1 is 1.21 bits per heavy atom. The summed E-state index contributed by atoms with van der Waals surface area (Å²) in [4.78, 5) is 15.5. The highest BCUT2D eigenvalue weighted by Crippen LogP contribution is 2.54. The number of unbranched alkanes of at least 4 members (excludes halogenated alkanes) is 2. The van der Waals surface area contributed by atoms with Gasteiger partial charge in [-0.15, -0.1) is 0 Å². The van der Waals surface area contributed by atoms with Gasteiger partial charge >= 0.3 is 0 Å². The van der Waals surface area contributed by atoms with Crippen molar-refractivity contribution in [1.29, 1.82) is 0 Å². The van der Waals surface area contributed by atoms with E-state index in [0.717, 1.165) is 61.0 Å². The fraction of sp³-hybridized carbons (Fsp3) is 0.500. The number of aryl methyl sites for hydroxylation is 1. The normalized spacial score (nSPS) is 20.6. The molecule has 1 amide bonds. The van der Waals surface area contributed by atoms with E-state index in [1.165, 1.54) is 5.57 Å². The number of amides is 1. The van der Waals surface area contributed by atoms with Crippen molar-refractivity contribution in [3.05, 3.63) is 70.3 Å². The molecule has 4 heteroatoms. The molecule has 2 aromatic rings. The van der Waals surface area contributed by atoms with Gasteiger partial charge in [0.2, 0.25) is 0 Å². The fourth-order valence-corrected chi connectivity index (χ4v) is 5.73. The number of nitrogens with zero attached hydrogens (tertiary/aromatic N) is 1. The van der Waals surface area contributed by atoms with Crippen LogP contribution in [0.2, 0.25) is 0 Å². The van der Waals surface area contributed by atoms with Gasteiger partial charge in [0.1, 0.15) is 17.1 Å². The van der Waals surface area contributed by atoms with E-state index in [0.29, 0.717) is 12.1 Å². The molecular weight excluding hydrogens is 422 g/mol. The van der Waals surface area contributed by atoms with E-state index in [1.54, 1.807) is 4.90 Å². The van der Waals surface area contributed by atoms with Crippen molar-refractivity contribution in [3.63, 3.8) is 0 Å². The summed E-state index contributed by atoms with van der Waals surface area (Å²) in [7, 11) is 1.82. The van der Waals surface area contributed by atoms with Gasteiger partial charge in [-0.25, -0.2) is 0 Å². The topological polar surface area (TPSA) is 49.8 Å². The Kier molecular flexibility index (Phi) is 7.06. The minimum Gasteiger partial charge on any atom is -0.507 e. The lowest BCUT2D eigenvalue weighted by molar-refractivity contribution is 0.0106. The highest BCUT2D eigenvalue weighted by molar-refractivity contribution is 5.99. The second-order valence-corrected chi connectivity index (χ2v) is 10.7. The molecule has 0 fully saturated rings. The van der Waals surface area contributed by atoms with Crippen molar-refractivity contribution >= 4 is 5.91 Å². The van der Waals surface area contributed by atoms with Crippen LogP contribution in [0, 0.1) is 5.92 Å². The average Bonchev–Trinajstić information content (AvgIpc) is 2.78. The van der Waals surface area contributed by atoms with E-state index in [1.807, 2.05) is 43.4 Å². The van der Waals surface area contributed by atoms with Crippen LogP contribution in [0.1, 0.15) is 92.8 Å². The van der Waals surface area contributed by atoms with Crippen LogP contribution in [0.15, 0.2) is 48.0 Å². The zero-order chi connectivity index (χ0) is 24.5. The molecule has 2 unspecified atom stereocenters. The van der Waals surface area contributed by atoms with E-state index in [4.69, 9.17) is 4.74 Å². The van der Waals surface area contributed by atoms with Gasteiger partial charge in [-0.2, -0.15) is 0 Å². The first-order valence-electron chi connectivity index (χ1n) is 12.8. The van der Waals surface area contributed by atoms with E-state index in [9.17, 15) is 9.90 Å². The Balaban J connectivity index is 1.79. The van der Waals surface area contributed by atoms with Gasteiger partial charge in [0.05, 0.1) is 5.56 Å². The molecule has 1 N–H and O–H groups in total. The number of fused-ring (bicyclic) bond motifs is 3. The van der Waals surface area contributed by atoms with Crippen LogP contribution in [0.5, 0.6) is 11.5 Å². The van der Waals surface area contributed by atoms with Crippen molar-refractivity contribution in [2.75, 3.05) is 7.05 Å². The first kappa shape index (κ1) is 24.4. The standard InChI is InChI=1S/C30H39NO3/c1-6-7-9-14-22-18-25-27(23-17-20(2)15-16-24(23)30(3,4)34-25)28(32)26(22)29(33)31(5)19-21-12-10-8-11-13-21/h8,10-13,17-18,23-24,32H,6-7,9,14-16,19H2,1-5H3. The smallest absolute Gasteiger partial charge is 0.257 e. The molecule has 1 heterocycles. The number of hydrogen-bond donors (Lipinski definition) is 1. The molecule has 0 saturated heterocycles. The summed E-state index contributed by atoms with van der Waals surface area (Å²) in [6.07, 6.45) is 8.28. The predicted octanol–water partition coefficient (Wildman–Crippen LogP) is 7.01. The number of rotatable bonds is 7. The molecule has 4 nitrogen and oxygen atoms in total. The Labute approximate surface area is 204 Å². The van der Waals surface area contributed by atoms with Crippen LogP contribution in [0.3, 0.4) is 0 Å². The Hall–Kier alpha value is -2.75. The fourth-order valence-electron chi connectivity index (χ4n) is 5.73. The summed E-state index contributed by atoms with van der Waals surface area (Å²) < 4.78 is 6.53. The van der Waals surface area contributed by atoms with E-state index < -0.39 is 0 Å². The highest BCUT2D eigenvalue weighted by Gasteiger charge is 2.46. The number of aromatic hydroxyl groups is 1. The van der Waals surface area contributed by atoms with Crippen LogP contribution >= 0.6 is 0 Å². The second-order valence-electron chi connectivity index (χ2n) is 10.7. The summed E-state index contributed by atoms with van der Waals surface area (Å²) in [5.74, 6) is 1.05. The summed E-state index contributed by atoms with van der Waals surface area (Å²) in [5.41, 5.74) is 4.22. The number of carbonyl (C=O) groups excluding carboxylic acids is 1. The zero-order valence-electron chi connectivity index (χ0n) is 21.4. The van der Waals surface area contributed by atoms with Gasteiger partial charge in [-0.05, 0) is 63.6 Å². The van der Waals surface area contributed by atoms with Gasteiger partial charge in [0.15, 0.2) is 0 Å². The minimum atomic E-state index is -0.322. The van der Waals surface area contributed by atoms with Crippen LogP contribution in [0.25, 0.3) is 0 Å². The second kappa shape index (κ2) is 9.85. The van der Waals surface area contributed by atoms with Crippen LogP contribution in [-0.4, -0.2) is 28.6 Å². The number of ether oxygens (including phenoxy) is 1. The van der Waals surface area contributed by atoms with Crippen molar-refractivity contribution in [1.82, 2.24) is 4.90 Å². The molecule has 0 spiro atoms. The summed E-state index contributed by atoms with van der Waals surface area (Å²) in [6.45, 7) is 9.15. The van der Waals surface area contributed by atoms with Crippen LogP contribution < -0.4 is 4.74 Å². The third-order valence-electron chi connectivity index (χ3n) is 7.60. The molecule has 0 radical (unpaired) electrons. The first-order valence-corrected chi connectivity index (χ1v) is 12.8. The average molecular weight is 462 g/mol. The largest absolute Gasteiger partial charge is 0.507 e. The highest BCUT2D eigenvalue weighted by atomic mass is 16.5. The number of allylic oxidation sites excluding steroid dienone is 2. The maximum absolute atomic E-state index is 13.8. The van der Waals surface area contributed by atoms with Gasteiger partial charge < -0.3 is 14.7 Å². The number of hydrogen-bond acceptors (Lipinski definition) is 3. The number of carbonyl (C=O) groups is 1. The number of phenolic OH excluding ortho intramolecular Hbond substituents is 1. The molecule has 182 valence electrons. The lowest BCUT2D eigenvalue weighted by Crippen LogP contribution is -2.45. The minimum absolute atomic E-state index is 0.0585. The van der Waals surface area contributed by atoms with E-state index >= 15 is 0 Å². The van der Waals surface area contributed by atoms with Gasteiger partial charge in [0.25, 0.3) is 5.91 Å². The van der Waals surface area contributed by atoms with Crippen molar-refractivity contribution in [2.45, 2.75) is 84.3 Å². The van der Waals surface area contributed by atoms with E-state index in [2.05, 4.69) is 33.8 Å². The summed E-state index contributed by atoms with van der Waals surface area (Å²) in [6, 6.07) is 12.0. The zero-order valence-corrected chi connectivity index (χ0v) is 21.4. The SMILES string of the molecule is CCCCCc1cc2c(c(O)c1C(=O)N(C)Cc1ccccc1)C1C=C(C)CCC1C(C)(C)O2. The molecule has 0 saturated carbocycles. The van der Waals surface area contributed by atoms with E-state index in [-0.39, 0.29) is 29.1 Å². The molecule has 0 aromatic heterocycles. The third-order valence-corrected chi connectivity index (χ3v) is 7.60. The van der Waals surface area contributed by atoms with Crippen molar-refractivity contribution in [2.24, 2.45) is 5.92 Å². The Morgan fingerprint density at radius 2 is 1.94 bits per heavy atom. The van der Waals surface area contributed by atoms with Crippen molar-refractivity contribution in [3.8, 4) is 11.5 Å². The number of benzene rings is 2. The molecule has 2 atom stereocenters. The molecule has 34 heavy (non-hydrogen) atoms. The molecular formula is C30H39NO3. The molecule has 2 aliphatic rings. The van der Waals surface area contributed by atoms with Gasteiger partial charge in [-0.3, -0.25) is 4.79 Å². The lowest BCUT2D eigenvalue weighted by atomic mass is 9.67. The van der Waals surface area contributed by atoms with Crippen LogP contribution in [-0.2, 0) is 13.0 Å². The van der Waals surface area contributed by atoms with Crippen molar-refractivity contribution < 1.29 is 14.6 Å². The third kappa shape index (κ3) is 4.73. The Morgan fingerprint density at radius 3 is 2.65 bits per heavy atom. The number of phenols is 1. The first-order chi connectivity index (χ1) is 16.2. The lowest BCUT2D eigenvalue weighted by Gasteiger charge is -2.46. The Bertz CT molecular complexity index is 1070. The summed E-state index contributed by atoms with van der Waals surface area (Å²) >= 11 is 0. The van der Waals surface area contributed by atoms with Gasteiger partial charge in [0, 0.05) is 31.0 Å². The molecule has 0 bridgehead atoms. The summed E-state index contributed by atoms with van der Waals surface area (Å²) in [5, 5.41) is 11.7. The van der Waals surface area contributed by atoms with Crippen LogP contribution in [0.4, 0.5) is 0 Å². The quantitative estimate of drug-likeness (QED) is 0.356. The molecule has 1 aliphatic carbocycles. The maximum atomic E-state index is 13.8. The molecule has 2 aromatic carbocycles. The monoisotopic (exact) mass is 461 g/mol. The molecule has 1 aliphatic heterocycles.